The molecule has 0 bridgehead atoms. The largest absolute Gasteiger partial charge is 0.462 e. The fourth-order valence-electron chi connectivity index (χ4n) is 13.2. The van der Waals surface area contributed by atoms with E-state index >= 15 is 0 Å². The average Bonchev–Trinajstić information content (AvgIpc) is 3.04. The average molecular weight is 657 g/mol. The van der Waals surface area contributed by atoms with Gasteiger partial charge in [-0.1, -0.05) is 60.1 Å². The monoisotopic (exact) mass is 656 g/mol. The zero-order valence-corrected chi connectivity index (χ0v) is 31.0. The van der Waals surface area contributed by atoms with Crippen LogP contribution < -0.4 is 0 Å². The lowest BCUT2D eigenvalue weighted by Gasteiger charge is -2.70. The van der Waals surface area contributed by atoms with Gasteiger partial charge < -0.3 is 9.64 Å². The van der Waals surface area contributed by atoms with Gasteiger partial charge in [-0.3, -0.25) is 19.4 Å². The fourth-order valence-corrected chi connectivity index (χ4v) is 13.2. The second-order valence-corrected chi connectivity index (χ2v) is 19.0. The Kier molecular flexibility index (Phi) is 7.96. The molecule has 0 N–H and O–H groups in total. The third kappa shape index (κ3) is 4.76. The number of aromatic nitrogens is 1. The van der Waals surface area contributed by atoms with Gasteiger partial charge in [0, 0.05) is 42.6 Å². The molecule has 5 fully saturated rings. The molecule has 6 heteroatoms. The number of nitrogens with zero attached hydrogens (tertiary/aromatic N) is 2. The highest BCUT2D eigenvalue weighted by Crippen LogP contribution is 2.75. The number of allylic oxidation sites excluding steroid dienone is 2. The van der Waals surface area contributed by atoms with Crippen LogP contribution in [-0.4, -0.2) is 40.2 Å². The SMILES string of the molecule is CC(=O)OC1CCC2(C)C(CCC3(C)C2C(=O)C=C2C4CC(C)(C(=O)N5CCCCC5c5cccnc5)CCC4(C)CCC23C)C1(C)C. The summed E-state index contributed by atoms with van der Waals surface area (Å²) in [5, 5.41) is 0. The molecule has 1 aromatic rings. The summed E-state index contributed by atoms with van der Waals surface area (Å²) in [4.78, 5) is 48.3. The molecule has 10 atom stereocenters. The lowest BCUT2D eigenvalue weighted by Crippen LogP contribution is -2.67. The quantitative estimate of drug-likeness (QED) is 0.304. The van der Waals surface area contributed by atoms with Gasteiger partial charge in [0.05, 0.1) is 6.04 Å². The Balaban J connectivity index is 1.22. The first-order valence-corrected chi connectivity index (χ1v) is 19.1. The fraction of sp³-hybridized carbons (Fsp3) is 0.762. The molecular formula is C42H60N2O4. The molecule has 10 unspecified atom stereocenters. The summed E-state index contributed by atoms with van der Waals surface area (Å²) >= 11 is 0. The molecule has 6 aliphatic rings. The molecule has 2 heterocycles. The summed E-state index contributed by atoms with van der Waals surface area (Å²) < 4.78 is 5.91. The first kappa shape index (κ1) is 34.0. The first-order chi connectivity index (χ1) is 22.5. The van der Waals surface area contributed by atoms with E-state index in [0.29, 0.717) is 17.6 Å². The molecule has 0 spiro atoms. The minimum atomic E-state index is -0.454. The van der Waals surface area contributed by atoms with Crippen molar-refractivity contribution in [3.8, 4) is 0 Å². The summed E-state index contributed by atoms with van der Waals surface area (Å²) in [5.41, 5.74) is 1.57. The van der Waals surface area contributed by atoms with Crippen molar-refractivity contribution in [1.82, 2.24) is 9.88 Å². The van der Waals surface area contributed by atoms with Gasteiger partial charge >= 0.3 is 5.97 Å². The number of hydrogen-bond acceptors (Lipinski definition) is 5. The van der Waals surface area contributed by atoms with Gasteiger partial charge in [0.2, 0.25) is 5.91 Å². The molecular weight excluding hydrogens is 596 g/mol. The number of fused-ring (bicyclic) bond motifs is 7. The summed E-state index contributed by atoms with van der Waals surface area (Å²) in [6, 6.07) is 4.21. The number of ketones is 1. The molecule has 5 aliphatic carbocycles. The highest BCUT2D eigenvalue weighted by atomic mass is 16.5. The molecule has 6 nitrogen and oxygen atoms in total. The molecule has 262 valence electrons. The minimum Gasteiger partial charge on any atom is -0.462 e. The maximum absolute atomic E-state index is 14.8. The highest BCUT2D eigenvalue weighted by molar-refractivity contribution is 5.96. The van der Waals surface area contributed by atoms with Crippen LogP contribution in [0.2, 0.25) is 0 Å². The van der Waals surface area contributed by atoms with E-state index in [2.05, 4.69) is 70.5 Å². The molecule has 7 rings (SSSR count). The predicted octanol–water partition coefficient (Wildman–Crippen LogP) is 9.05. The standard InChI is InChI=1S/C42H60N2O4/c1-27(45)48-34-15-16-40(6)33(37(34,2)3)14-17-42(8)35(40)32(46)24-29-30-25-39(5,19-18-38(30,4)20-21-41(29,42)7)36(47)44-23-10-9-13-31(44)28-12-11-22-43-26-28/h11-12,22,24,26,30-31,33-35H,9-10,13-21,23,25H2,1-8H3. The van der Waals surface area contributed by atoms with Crippen molar-refractivity contribution in [3.05, 3.63) is 41.7 Å². The molecule has 1 saturated heterocycles. The van der Waals surface area contributed by atoms with E-state index in [1.165, 1.54) is 12.5 Å². The number of piperidine rings is 1. The van der Waals surface area contributed by atoms with E-state index < -0.39 is 5.41 Å². The number of amides is 1. The maximum Gasteiger partial charge on any atom is 0.302 e. The van der Waals surface area contributed by atoms with Gasteiger partial charge in [0.1, 0.15) is 6.10 Å². The zero-order valence-electron chi connectivity index (χ0n) is 31.0. The number of rotatable bonds is 3. The predicted molar refractivity (Wildman–Crippen MR) is 188 cm³/mol. The Morgan fingerprint density at radius 1 is 0.917 bits per heavy atom. The number of esters is 1. The first-order valence-electron chi connectivity index (χ1n) is 19.1. The number of ether oxygens (including phenoxy) is 1. The Hall–Kier alpha value is -2.50. The normalized spacial score (nSPS) is 45.1. The Morgan fingerprint density at radius 3 is 2.38 bits per heavy atom. The lowest BCUT2D eigenvalue weighted by atomic mass is 9.33. The van der Waals surface area contributed by atoms with E-state index in [0.717, 1.165) is 89.2 Å². The highest BCUT2D eigenvalue weighted by Gasteiger charge is 2.70. The van der Waals surface area contributed by atoms with Crippen molar-refractivity contribution in [3.63, 3.8) is 0 Å². The molecule has 1 amide bonds. The van der Waals surface area contributed by atoms with Crippen molar-refractivity contribution in [2.75, 3.05) is 6.54 Å². The van der Waals surface area contributed by atoms with Gasteiger partial charge in [-0.15, -0.1) is 0 Å². The maximum atomic E-state index is 14.8. The smallest absolute Gasteiger partial charge is 0.302 e. The third-order valence-electron chi connectivity index (χ3n) is 16.2. The van der Waals surface area contributed by atoms with E-state index in [9.17, 15) is 14.4 Å². The van der Waals surface area contributed by atoms with Crippen LogP contribution in [0.4, 0.5) is 0 Å². The van der Waals surface area contributed by atoms with Gasteiger partial charge in [-0.05, 0) is 128 Å². The van der Waals surface area contributed by atoms with Crippen molar-refractivity contribution >= 4 is 17.7 Å². The van der Waals surface area contributed by atoms with Gasteiger partial charge in [-0.2, -0.15) is 0 Å². The summed E-state index contributed by atoms with van der Waals surface area (Å²) in [5.74, 6) is 0.896. The molecule has 1 aromatic heterocycles. The summed E-state index contributed by atoms with van der Waals surface area (Å²) in [7, 11) is 0. The van der Waals surface area contributed by atoms with Crippen molar-refractivity contribution in [2.45, 2.75) is 145 Å². The van der Waals surface area contributed by atoms with Gasteiger partial charge in [-0.25, -0.2) is 0 Å². The van der Waals surface area contributed by atoms with Gasteiger partial charge in [0.15, 0.2) is 5.78 Å². The molecule has 1 aliphatic heterocycles. The topological polar surface area (TPSA) is 76.6 Å². The van der Waals surface area contributed by atoms with Crippen LogP contribution in [0.3, 0.4) is 0 Å². The number of likely N-dealkylation sites (tertiary alicyclic amines) is 1. The van der Waals surface area contributed by atoms with Crippen LogP contribution in [-0.2, 0) is 19.1 Å². The van der Waals surface area contributed by atoms with E-state index in [-0.39, 0.29) is 57.0 Å². The van der Waals surface area contributed by atoms with E-state index in [1.807, 2.05) is 18.5 Å². The molecule has 0 radical (unpaired) electrons. The Morgan fingerprint density at radius 2 is 1.67 bits per heavy atom. The molecule has 4 saturated carbocycles. The van der Waals surface area contributed by atoms with Crippen LogP contribution >= 0.6 is 0 Å². The van der Waals surface area contributed by atoms with Crippen LogP contribution in [0.5, 0.6) is 0 Å². The molecule has 0 aromatic carbocycles. The molecule has 48 heavy (non-hydrogen) atoms. The van der Waals surface area contributed by atoms with Crippen LogP contribution in [0.1, 0.15) is 144 Å². The number of hydrogen-bond donors (Lipinski definition) is 0. The second kappa shape index (κ2) is 11.3. The Labute approximate surface area is 289 Å². The van der Waals surface area contributed by atoms with E-state index in [4.69, 9.17) is 4.74 Å². The second-order valence-electron chi connectivity index (χ2n) is 19.0. The van der Waals surface area contributed by atoms with Crippen LogP contribution in [0, 0.1) is 50.2 Å². The van der Waals surface area contributed by atoms with Gasteiger partial charge in [0.25, 0.3) is 0 Å². The van der Waals surface area contributed by atoms with Crippen LogP contribution in [0.25, 0.3) is 0 Å². The van der Waals surface area contributed by atoms with E-state index in [1.54, 1.807) is 0 Å². The van der Waals surface area contributed by atoms with Crippen LogP contribution in [0.15, 0.2) is 36.2 Å². The lowest BCUT2D eigenvalue weighted by molar-refractivity contribution is -0.210. The summed E-state index contributed by atoms with van der Waals surface area (Å²) in [6.45, 7) is 18.9. The van der Waals surface area contributed by atoms with Crippen molar-refractivity contribution < 1.29 is 19.1 Å². The third-order valence-corrected chi connectivity index (χ3v) is 16.2. The summed E-state index contributed by atoms with van der Waals surface area (Å²) in [6.07, 6.45) is 17.7. The number of carbonyl (C=O) groups excluding carboxylic acids is 3. The van der Waals surface area contributed by atoms with Crippen molar-refractivity contribution in [1.29, 1.82) is 0 Å². The van der Waals surface area contributed by atoms with Crippen molar-refractivity contribution in [2.24, 2.45) is 50.2 Å². The minimum absolute atomic E-state index is 0.0513. The number of carbonyl (C=O) groups is 3. The number of pyridine rings is 1. The Bertz CT molecular complexity index is 1520. The zero-order chi connectivity index (χ0) is 34.5.